The van der Waals surface area contributed by atoms with E-state index in [1.165, 1.54) is 19.3 Å². The van der Waals surface area contributed by atoms with Gasteiger partial charge in [0.15, 0.2) is 0 Å². The van der Waals surface area contributed by atoms with Gasteiger partial charge in [0.2, 0.25) is 0 Å². The van der Waals surface area contributed by atoms with Gasteiger partial charge in [0.05, 0.1) is 32.5 Å². The van der Waals surface area contributed by atoms with Crippen molar-refractivity contribution < 1.29 is 9.00 Å². The van der Waals surface area contributed by atoms with E-state index in [1.54, 1.807) is 6.26 Å². The molecule has 1 aliphatic carbocycles. The van der Waals surface area contributed by atoms with Crippen molar-refractivity contribution in [1.29, 1.82) is 0 Å². The van der Waals surface area contributed by atoms with E-state index in [9.17, 15) is 9.00 Å². The Hall–Kier alpha value is -2.53. The first-order valence-corrected chi connectivity index (χ1v) is 12.2. The molecule has 1 aromatic heterocycles. The number of hydrogen-bond donors (Lipinski definition) is 1. The lowest BCUT2D eigenvalue weighted by atomic mass is 9.84. The van der Waals surface area contributed by atoms with Crippen LogP contribution in [0.15, 0.2) is 59.5 Å². The third-order valence-electron chi connectivity index (χ3n) is 6.13. The average Bonchev–Trinajstić information content (AvgIpc) is 2.78. The number of rotatable bonds is 5. The second-order valence-corrected chi connectivity index (χ2v) is 9.48. The molecule has 4 rings (SSSR count). The van der Waals surface area contributed by atoms with Crippen LogP contribution in [0.3, 0.4) is 0 Å². The van der Waals surface area contributed by atoms with Crippen LogP contribution in [-0.2, 0) is 10.8 Å². The molecule has 0 aliphatic heterocycles. The Kier molecular flexibility index (Phi) is 6.28. The maximum atomic E-state index is 13.5. The molecule has 1 saturated carbocycles. The van der Waals surface area contributed by atoms with E-state index in [1.807, 2.05) is 54.6 Å². The number of nitrogens with zero attached hydrogens (tertiary/aromatic N) is 1. The minimum absolute atomic E-state index is 0.0862. The summed E-state index contributed by atoms with van der Waals surface area (Å²) in [6.07, 6.45) is 7.67. The predicted octanol–water partition coefficient (Wildman–Crippen LogP) is 5.34. The zero-order valence-electron chi connectivity index (χ0n) is 17.6. The Morgan fingerprint density at radius 2 is 1.70 bits per heavy atom. The molecule has 1 aliphatic rings. The van der Waals surface area contributed by atoms with E-state index in [0.717, 1.165) is 29.3 Å². The fourth-order valence-corrected chi connectivity index (χ4v) is 5.45. The lowest BCUT2D eigenvalue weighted by molar-refractivity contribution is 0.0918. The first-order chi connectivity index (χ1) is 14.6. The monoisotopic (exact) mass is 420 g/mol. The van der Waals surface area contributed by atoms with Crippen molar-refractivity contribution in [2.45, 2.75) is 50.0 Å². The van der Waals surface area contributed by atoms with Crippen LogP contribution in [0.1, 0.15) is 49.4 Å². The van der Waals surface area contributed by atoms with Crippen LogP contribution in [0.25, 0.3) is 22.2 Å². The highest BCUT2D eigenvalue weighted by Crippen LogP contribution is 2.33. The number of pyridine rings is 1. The molecule has 1 heterocycles. The van der Waals surface area contributed by atoms with E-state index in [0.29, 0.717) is 22.1 Å². The van der Waals surface area contributed by atoms with E-state index < -0.39 is 10.8 Å². The molecule has 1 unspecified atom stereocenters. The number of carbonyl (C=O) groups is 1. The fraction of sp³-hybridized carbons (Fsp3) is 0.360. The number of amides is 1. The van der Waals surface area contributed by atoms with Gasteiger partial charge in [-0.25, -0.2) is 4.98 Å². The molecule has 30 heavy (non-hydrogen) atoms. The van der Waals surface area contributed by atoms with E-state index in [4.69, 9.17) is 4.98 Å². The number of para-hydroxylation sites is 1. The highest BCUT2D eigenvalue weighted by Gasteiger charge is 2.27. The van der Waals surface area contributed by atoms with Gasteiger partial charge >= 0.3 is 0 Å². The van der Waals surface area contributed by atoms with Crippen LogP contribution in [0.4, 0.5) is 0 Å². The van der Waals surface area contributed by atoms with Gasteiger partial charge in [-0.05, 0) is 31.7 Å². The first kappa shape index (κ1) is 20.7. The second kappa shape index (κ2) is 9.09. The Labute approximate surface area is 180 Å². The second-order valence-electron chi connectivity index (χ2n) is 8.16. The minimum Gasteiger partial charge on any atom is -0.349 e. The summed E-state index contributed by atoms with van der Waals surface area (Å²) in [5, 5.41) is 3.98. The highest BCUT2D eigenvalue weighted by atomic mass is 32.2. The van der Waals surface area contributed by atoms with Gasteiger partial charge in [0, 0.05) is 23.2 Å². The molecule has 2 atom stereocenters. The Bertz CT molecular complexity index is 1080. The third-order valence-corrected chi connectivity index (χ3v) is 7.10. The Balaban J connectivity index is 1.83. The van der Waals surface area contributed by atoms with Crippen LogP contribution in [0.2, 0.25) is 0 Å². The molecule has 156 valence electrons. The van der Waals surface area contributed by atoms with Crippen LogP contribution in [0.5, 0.6) is 0 Å². The standard InChI is InChI=1S/C25H28N2O2S/c1-17(18-11-5-3-6-12-18)26-25(28)22-20-15-9-10-16-21(20)27-23(24(22)30(2)29)19-13-7-4-8-14-19/h4,7-10,13-18H,3,5-6,11-12H2,1-2H3,(H,26,28)/t17?,30-/m0/s1. The van der Waals surface area contributed by atoms with Crippen LogP contribution in [-0.4, -0.2) is 27.4 Å². The summed E-state index contributed by atoms with van der Waals surface area (Å²) < 4.78 is 12.9. The number of aromatic nitrogens is 1. The third kappa shape index (κ3) is 4.17. The normalized spacial score (nSPS) is 16.9. The molecule has 2 aromatic carbocycles. The van der Waals surface area contributed by atoms with Gasteiger partial charge in [0.1, 0.15) is 0 Å². The molecule has 5 heteroatoms. The highest BCUT2D eigenvalue weighted by molar-refractivity contribution is 7.84. The van der Waals surface area contributed by atoms with Crippen molar-refractivity contribution in [2.24, 2.45) is 5.92 Å². The molecule has 3 aromatic rings. The van der Waals surface area contributed by atoms with Gasteiger partial charge in [-0.3, -0.25) is 9.00 Å². The number of fused-ring (bicyclic) bond motifs is 1. The molecule has 0 bridgehead atoms. The summed E-state index contributed by atoms with van der Waals surface area (Å²) in [6.45, 7) is 2.10. The lowest BCUT2D eigenvalue weighted by Gasteiger charge is -2.28. The number of nitrogens with one attached hydrogen (secondary N) is 1. The summed E-state index contributed by atoms with van der Waals surface area (Å²) in [6, 6.07) is 17.4. The van der Waals surface area contributed by atoms with Crippen molar-refractivity contribution >= 4 is 27.6 Å². The van der Waals surface area contributed by atoms with E-state index in [2.05, 4.69) is 12.2 Å². The number of carbonyl (C=O) groups excluding carboxylic acids is 1. The summed E-state index contributed by atoms with van der Waals surface area (Å²) >= 11 is 0. The molecule has 0 spiro atoms. The molecule has 0 saturated heterocycles. The summed E-state index contributed by atoms with van der Waals surface area (Å²) in [7, 11) is -1.37. The van der Waals surface area contributed by atoms with E-state index >= 15 is 0 Å². The molecular formula is C25H28N2O2S. The first-order valence-electron chi connectivity index (χ1n) is 10.7. The van der Waals surface area contributed by atoms with Crippen molar-refractivity contribution in [1.82, 2.24) is 10.3 Å². The zero-order chi connectivity index (χ0) is 21.1. The summed E-state index contributed by atoms with van der Waals surface area (Å²) in [4.78, 5) is 18.9. The smallest absolute Gasteiger partial charge is 0.253 e. The SMILES string of the molecule is CC(NC(=O)c1c([S@](C)=O)c(-c2ccccc2)nc2ccccc12)C1CCCCC1. The average molecular weight is 421 g/mol. The number of hydrogen-bond acceptors (Lipinski definition) is 3. The zero-order valence-corrected chi connectivity index (χ0v) is 18.4. The topological polar surface area (TPSA) is 59.1 Å². The van der Waals surface area contributed by atoms with Crippen molar-refractivity contribution in [3.05, 3.63) is 60.2 Å². The van der Waals surface area contributed by atoms with Gasteiger partial charge in [0.25, 0.3) is 5.91 Å². The Morgan fingerprint density at radius 1 is 1.03 bits per heavy atom. The summed E-state index contributed by atoms with van der Waals surface area (Å²) in [5.41, 5.74) is 2.71. The van der Waals surface area contributed by atoms with E-state index in [-0.39, 0.29) is 11.9 Å². The molecule has 1 fully saturated rings. The van der Waals surface area contributed by atoms with Crippen molar-refractivity contribution in [3.63, 3.8) is 0 Å². The largest absolute Gasteiger partial charge is 0.349 e. The van der Waals surface area contributed by atoms with Gasteiger partial charge in [-0.1, -0.05) is 67.8 Å². The maximum absolute atomic E-state index is 13.5. The van der Waals surface area contributed by atoms with Gasteiger partial charge in [-0.2, -0.15) is 0 Å². The molecule has 1 amide bonds. The predicted molar refractivity (Wildman–Crippen MR) is 123 cm³/mol. The molecular weight excluding hydrogens is 392 g/mol. The fourth-order valence-electron chi connectivity index (χ4n) is 4.52. The van der Waals surface area contributed by atoms with Gasteiger partial charge < -0.3 is 5.32 Å². The molecule has 0 radical (unpaired) electrons. The number of benzene rings is 2. The van der Waals surface area contributed by atoms with Crippen molar-refractivity contribution in [3.8, 4) is 11.3 Å². The molecule has 4 nitrogen and oxygen atoms in total. The van der Waals surface area contributed by atoms with Crippen LogP contribution >= 0.6 is 0 Å². The quantitative estimate of drug-likeness (QED) is 0.606. The van der Waals surface area contributed by atoms with Crippen LogP contribution in [0, 0.1) is 5.92 Å². The maximum Gasteiger partial charge on any atom is 0.253 e. The Morgan fingerprint density at radius 3 is 2.40 bits per heavy atom. The van der Waals surface area contributed by atoms with Gasteiger partial charge in [-0.15, -0.1) is 0 Å². The summed E-state index contributed by atoms with van der Waals surface area (Å²) in [5.74, 6) is 0.342. The van der Waals surface area contributed by atoms with Crippen LogP contribution < -0.4 is 5.32 Å². The lowest BCUT2D eigenvalue weighted by Crippen LogP contribution is -2.39. The minimum atomic E-state index is -1.37. The van der Waals surface area contributed by atoms with Crippen molar-refractivity contribution in [2.75, 3.05) is 6.26 Å². The molecule has 1 N–H and O–H groups in total.